The number of rotatable bonds is 7. The lowest BCUT2D eigenvalue weighted by molar-refractivity contribution is -0.129. The molecule has 0 bridgehead atoms. The van der Waals surface area contributed by atoms with E-state index in [0.717, 1.165) is 31.9 Å². The van der Waals surface area contributed by atoms with Gasteiger partial charge in [-0.1, -0.05) is 0 Å². The lowest BCUT2D eigenvalue weighted by Crippen LogP contribution is -2.30. The standard InChI is InChI=1S/C13H26N2O2/c1-15(2)13(16)6-4-9-17-10-7-12-5-3-8-14-11-12/h12,14H,3-11H2,1-2H3. The summed E-state index contributed by atoms with van der Waals surface area (Å²) in [6, 6.07) is 0. The van der Waals surface area contributed by atoms with Gasteiger partial charge >= 0.3 is 0 Å². The van der Waals surface area contributed by atoms with Crippen LogP contribution in [0, 0.1) is 5.92 Å². The van der Waals surface area contributed by atoms with Crippen molar-refractivity contribution < 1.29 is 9.53 Å². The summed E-state index contributed by atoms with van der Waals surface area (Å²) in [5.74, 6) is 0.970. The molecular weight excluding hydrogens is 216 g/mol. The molecule has 1 amide bonds. The zero-order valence-electron chi connectivity index (χ0n) is 11.2. The number of hydrogen-bond donors (Lipinski definition) is 1. The molecule has 17 heavy (non-hydrogen) atoms. The average Bonchev–Trinajstić information content (AvgIpc) is 2.34. The van der Waals surface area contributed by atoms with Crippen LogP contribution in [-0.2, 0) is 9.53 Å². The smallest absolute Gasteiger partial charge is 0.222 e. The highest BCUT2D eigenvalue weighted by atomic mass is 16.5. The van der Waals surface area contributed by atoms with Crippen molar-refractivity contribution in [2.24, 2.45) is 5.92 Å². The summed E-state index contributed by atoms with van der Waals surface area (Å²) in [6.45, 7) is 3.86. The lowest BCUT2D eigenvalue weighted by atomic mass is 9.97. The monoisotopic (exact) mass is 242 g/mol. The molecule has 0 aromatic rings. The zero-order chi connectivity index (χ0) is 12.5. The van der Waals surface area contributed by atoms with Crippen LogP contribution in [0.5, 0.6) is 0 Å². The maximum absolute atomic E-state index is 11.3. The third-order valence-corrected chi connectivity index (χ3v) is 3.25. The molecule has 1 rings (SSSR count). The first kappa shape index (κ1) is 14.5. The Balaban J connectivity index is 1.88. The van der Waals surface area contributed by atoms with Crippen LogP contribution in [0.1, 0.15) is 32.1 Å². The maximum Gasteiger partial charge on any atom is 0.222 e. The number of nitrogens with one attached hydrogen (secondary N) is 1. The van der Waals surface area contributed by atoms with Gasteiger partial charge in [0.2, 0.25) is 5.91 Å². The largest absolute Gasteiger partial charge is 0.381 e. The summed E-state index contributed by atoms with van der Waals surface area (Å²) in [5, 5.41) is 3.41. The first-order valence-corrected chi connectivity index (χ1v) is 6.68. The van der Waals surface area contributed by atoms with Crippen LogP contribution in [-0.4, -0.2) is 51.2 Å². The molecule has 4 heteroatoms. The summed E-state index contributed by atoms with van der Waals surface area (Å²) >= 11 is 0. The maximum atomic E-state index is 11.3. The van der Waals surface area contributed by atoms with E-state index in [9.17, 15) is 4.79 Å². The number of amides is 1. The topological polar surface area (TPSA) is 41.6 Å². The SMILES string of the molecule is CN(C)C(=O)CCCOCCC1CCCNC1. The summed E-state index contributed by atoms with van der Waals surface area (Å²) in [7, 11) is 3.58. The van der Waals surface area contributed by atoms with Gasteiger partial charge in [-0.05, 0) is 44.7 Å². The first-order chi connectivity index (χ1) is 8.20. The quantitative estimate of drug-likeness (QED) is 0.683. The summed E-state index contributed by atoms with van der Waals surface area (Å²) in [4.78, 5) is 12.9. The van der Waals surface area contributed by atoms with E-state index in [1.54, 1.807) is 19.0 Å². The number of piperidine rings is 1. The third kappa shape index (κ3) is 6.64. The summed E-state index contributed by atoms with van der Waals surface area (Å²) in [6.07, 6.45) is 5.20. The Kier molecular flexibility index (Phi) is 7.21. The van der Waals surface area contributed by atoms with Crippen molar-refractivity contribution in [3.63, 3.8) is 0 Å². The minimum atomic E-state index is 0.185. The van der Waals surface area contributed by atoms with Crippen molar-refractivity contribution >= 4 is 5.91 Å². The molecule has 0 radical (unpaired) electrons. The Morgan fingerprint density at radius 3 is 2.88 bits per heavy atom. The molecule has 1 unspecified atom stereocenters. The third-order valence-electron chi connectivity index (χ3n) is 3.25. The van der Waals surface area contributed by atoms with Gasteiger partial charge in [-0.25, -0.2) is 0 Å². The Morgan fingerprint density at radius 1 is 1.41 bits per heavy atom. The second kappa shape index (κ2) is 8.48. The van der Waals surface area contributed by atoms with Crippen LogP contribution in [0.2, 0.25) is 0 Å². The average molecular weight is 242 g/mol. The van der Waals surface area contributed by atoms with E-state index in [2.05, 4.69) is 5.32 Å². The molecule has 1 atom stereocenters. The van der Waals surface area contributed by atoms with Crippen molar-refractivity contribution in [1.82, 2.24) is 10.2 Å². The van der Waals surface area contributed by atoms with E-state index in [1.165, 1.54) is 19.4 Å². The van der Waals surface area contributed by atoms with Gasteiger partial charge in [-0.15, -0.1) is 0 Å². The van der Waals surface area contributed by atoms with Gasteiger partial charge in [0.25, 0.3) is 0 Å². The molecule has 100 valence electrons. The second-order valence-electron chi connectivity index (χ2n) is 5.01. The Labute approximate surface area is 105 Å². The molecule has 0 spiro atoms. The number of ether oxygens (including phenoxy) is 1. The normalized spacial score (nSPS) is 20.2. The lowest BCUT2D eigenvalue weighted by Gasteiger charge is -2.22. The molecule has 1 N–H and O–H groups in total. The second-order valence-corrected chi connectivity index (χ2v) is 5.01. The van der Waals surface area contributed by atoms with Crippen LogP contribution >= 0.6 is 0 Å². The Bertz CT molecular complexity index is 213. The molecule has 1 aliphatic heterocycles. The minimum Gasteiger partial charge on any atom is -0.381 e. The van der Waals surface area contributed by atoms with Gasteiger partial charge in [0, 0.05) is 33.7 Å². The highest BCUT2D eigenvalue weighted by Crippen LogP contribution is 2.13. The Morgan fingerprint density at radius 2 is 2.24 bits per heavy atom. The molecule has 1 heterocycles. The van der Waals surface area contributed by atoms with Gasteiger partial charge in [-0.2, -0.15) is 0 Å². The minimum absolute atomic E-state index is 0.185. The van der Waals surface area contributed by atoms with Crippen molar-refractivity contribution in [3.05, 3.63) is 0 Å². The van der Waals surface area contributed by atoms with Crippen molar-refractivity contribution in [2.75, 3.05) is 40.4 Å². The predicted octanol–water partition coefficient (Wildman–Crippen LogP) is 1.26. The number of carbonyl (C=O) groups excluding carboxylic acids is 1. The highest BCUT2D eigenvalue weighted by molar-refractivity contribution is 5.75. The summed E-state index contributed by atoms with van der Waals surface area (Å²) in [5.41, 5.74) is 0. The zero-order valence-corrected chi connectivity index (χ0v) is 11.2. The van der Waals surface area contributed by atoms with Gasteiger partial charge < -0.3 is 15.0 Å². The molecule has 1 fully saturated rings. The van der Waals surface area contributed by atoms with E-state index >= 15 is 0 Å². The van der Waals surface area contributed by atoms with Crippen LogP contribution in [0.3, 0.4) is 0 Å². The molecule has 0 saturated carbocycles. The van der Waals surface area contributed by atoms with Gasteiger partial charge in [0.1, 0.15) is 0 Å². The summed E-state index contributed by atoms with van der Waals surface area (Å²) < 4.78 is 5.57. The van der Waals surface area contributed by atoms with Crippen molar-refractivity contribution in [3.8, 4) is 0 Å². The van der Waals surface area contributed by atoms with Crippen LogP contribution in [0.4, 0.5) is 0 Å². The van der Waals surface area contributed by atoms with Crippen LogP contribution < -0.4 is 5.32 Å². The van der Waals surface area contributed by atoms with E-state index < -0.39 is 0 Å². The van der Waals surface area contributed by atoms with Crippen molar-refractivity contribution in [2.45, 2.75) is 32.1 Å². The van der Waals surface area contributed by atoms with E-state index in [-0.39, 0.29) is 5.91 Å². The first-order valence-electron chi connectivity index (χ1n) is 6.68. The number of hydrogen-bond acceptors (Lipinski definition) is 3. The Hall–Kier alpha value is -0.610. The fourth-order valence-corrected chi connectivity index (χ4v) is 2.07. The van der Waals surface area contributed by atoms with Gasteiger partial charge in [-0.3, -0.25) is 4.79 Å². The van der Waals surface area contributed by atoms with E-state index in [4.69, 9.17) is 4.74 Å². The molecule has 0 aromatic carbocycles. The van der Waals surface area contributed by atoms with Gasteiger partial charge in [0.15, 0.2) is 0 Å². The highest BCUT2D eigenvalue weighted by Gasteiger charge is 2.12. The number of carbonyl (C=O) groups is 1. The predicted molar refractivity (Wildman–Crippen MR) is 69.0 cm³/mol. The van der Waals surface area contributed by atoms with Gasteiger partial charge in [0.05, 0.1) is 0 Å². The molecular formula is C13H26N2O2. The molecule has 1 aliphatic rings. The number of nitrogens with zero attached hydrogens (tertiary/aromatic N) is 1. The fraction of sp³-hybridized carbons (Fsp3) is 0.923. The van der Waals surface area contributed by atoms with E-state index in [1.807, 2.05) is 0 Å². The molecule has 1 saturated heterocycles. The van der Waals surface area contributed by atoms with Crippen molar-refractivity contribution in [1.29, 1.82) is 0 Å². The van der Waals surface area contributed by atoms with Crippen LogP contribution in [0.15, 0.2) is 0 Å². The van der Waals surface area contributed by atoms with E-state index in [0.29, 0.717) is 13.0 Å². The molecule has 4 nitrogen and oxygen atoms in total. The van der Waals surface area contributed by atoms with Crippen LogP contribution in [0.25, 0.3) is 0 Å². The fourth-order valence-electron chi connectivity index (χ4n) is 2.07. The molecule has 0 aromatic heterocycles. The molecule has 0 aliphatic carbocycles.